The third kappa shape index (κ3) is 1.56. The van der Waals surface area contributed by atoms with Crippen LogP contribution in [0.15, 0.2) is 11.1 Å². The van der Waals surface area contributed by atoms with Gasteiger partial charge in [0.05, 0.1) is 0 Å². The SMILES string of the molecule is CC1=C2[C@@H](OC1=O)[C@@H](O)[C@H]1[C@]3(C)CCCC(C)(C)[C@H]3CC[C@]13O[C@H]23. The van der Waals surface area contributed by atoms with E-state index in [0.29, 0.717) is 16.9 Å². The molecule has 1 spiro atoms. The molecule has 5 aliphatic rings. The first-order valence-corrected chi connectivity index (χ1v) is 9.50. The summed E-state index contributed by atoms with van der Waals surface area (Å²) < 4.78 is 11.9. The first kappa shape index (κ1) is 15.4. The number of hydrogen-bond acceptors (Lipinski definition) is 4. The second-order valence-corrected chi connectivity index (χ2v) is 9.77. The average molecular weight is 332 g/mol. The predicted octanol–water partition coefficient (Wildman–Crippen LogP) is 2.98. The molecule has 0 aromatic rings. The zero-order valence-electron chi connectivity index (χ0n) is 15.1. The minimum Gasteiger partial charge on any atom is -0.452 e. The number of rotatable bonds is 0. The van der Waals surface area contributed by atoms with E-state index >= 15 is 0 Å². The molecule has 2 aliphatic heterocycles. The third-order valence-electron chi connectivity index (χ3n) is 8.27. The van der Waals surface area contributed by atoms with Gasteiger partial charge in [-0.1, -0.05) is 27.2 Å². The van der Waals surface area contributed by atoms with Gasteiger partial charge in [0.1, 0.15) is 17.8 Å². The van der Waals surface area contributed by atoms with Gasteiger partial charge in [-0.05, 0) is 49.4 Å². The van der Waals surface area contributed by atoms with Crippen molar-refractivity contribution in [3.63, 3.8) is 0 Å². The van der Waals surface area contributed by atoms with Crippen molar-refractivity contribution in [2.24, 2.45) is 22.7 Å². The van der Waals surface area contributed by atoms with Gasteiger partial charge in [-0.2, -0.15) is 0 Å². The molecule has 5 rings (SSSR count). The number of carbonyl (C=O) groups is 1. The molecule has 0 aromatic heterocycles. The molecule has 3 saturated carbocycles. The molecule has 1 N–H and O–H groups in total. The molecule has 2 heterocycles. The molecular formula is C20H28O4. The van der Waals surface area contributed by atoms with Crippen LogP contribution in [-0.4, -0.2) is 35.0 Å². The van der Waals surface area contributed by atoms with Crippen LogP contribution in [0.4, 0.5) is 0 Å². The zero-order chi connectivity index (χ0) is 17.1. The topological polar surface area (TPSA) is 59.1 Å². The summed E-state index contributed by atoms with van der Waals surface area (Å²) in [4.78, 5) is 12.1. The lowest BCUT2D eigenvalue weighted by molar-refractivity contribution is -0.174. The smallest absolute Gasteiger partial charge is 0.334 e. The van der Waals surface area contributed by atoms with E-state index < -0.39 is 12.2 Å². The van der Waals surface area contributed by atoms with Crippen LogP contribution in [0.5, 0.6) is 0 Å². The van der Waals surface area contributed by atoms with Crippen molar-refractivity contribution in [1.29, 1.82) is 0 Å². The molecule has 4 fully saturated rings. The molecule has 132 valence electrons. The monoisotopic (exact) mass is 332 g/mol. The van der Waals surface area contributed by atoms with Crippen LogP contribution < -0.4 is 0 Å². The Balaban J connectivity index is 1.61. The van der Waals surface area contributed by atoms with E-state index in [1.807, 2.05) is 6.92 Å². The molecule has 0 aromatic carbocycles. The fourth-order valence-electron chi connectivity index (χ4n) is 7.33. The van der Waals surface area contributed by atoms with Crippen molar-refractivity contribution in [1.82, 2.24) is 0 Å². The maximum Gasteiger partial charge on any atom is 0.334 e. The maximum atomic E-state index is 12.1. The van der Waals surface area contributed by atoms with Gasteiger partial charge in [-0.25, -0.2) is 4.79 Å². The Bertz CT molecular complexity index is 665. The molecule has 4 heteroatoms. The summed E-state index contributed by atoms with van der Waals surface area (Å²) in [6.45, 7) is 8.96. The second kappa shape index (κ2) is 4.27. The van der Waals surface area contributed by atoms with E-state index in [1.165, 1.54) is 12.8 Å². The van der Waals surface area contributed by atoms with Crippen LogP contribution in [0.1, 0.15) is 59.8 Å². The number of hydrogen-bond donors (Lipinski definition) is 1. The summed E-state index contributed by atoms with van der Waals surface area (Å²) >= 11 is 0. The molecule has 3 aliphatic carbocycles. The van der Waals surface area contributed by atoms with E-state index in [1.54, 1.807) is 0 Å². The number of esters is 1. The molecule has 0 unspecified atom stereocenters. The minimum atomic E-state index is -0.637. The summed E-state index contributed by atoms with van der Waals surface area (Å²) in [6, 6.07) is 0. The highest BCUT2D eigenvalue weighted by molar-refractivity contribution is 5.92. The first-order valence-electron chi connectivity index (χ1n) is 9.50. The van der Waals surface area contributed by atoms with E-state index in [9.17, 15) is 9.90 Å². The van der Waals surface area contributed by atoms with Gasteiger partial charge >= 0.3 is 5.97 Å². The zero-order valence-corrected chi connectivity index (χ0v) is 15.1. The Morgan fingerprint density at radius 3 is 2.67 bits per heavy atom. The summed E-state index contributed by atoms with van der Waals surface area (Å²) in [5, 5.41) is 11.3. The van der Waals surface area contributed by atoms with Crippen LogP contribution in [0.3, 0.4) is 0 Å². The highest BCUT2D eigenvalue weighted by Crippen LogP contribution is 2.71. The fraction of sp³-hybridized carbons (Fsp3) is 0.850. The predicted molar refractivity (Wildman–Crippen MR) is 88.1 cm³/mol. The Hall–Kier alpha value is -0.870. The quantitative estimate of drug-likeness (QED) is 0.547. The van der Waals surface area contributed by atoms with Crippen molar-refractivity contribution >= 4 is 5.97 Å². The van der Waals surface area contributed by atoms with Gasteiger partial charge in [0.2, 0.25) is 0 Å². The number of aliphatic hydroxyl groups is 1. The van der Waals surface area contributed by atoms with Crippen LogP contribution in [0, 0.1) is 22.7 Å². The van der Waals surface area contributed by atoms with Crippen LogP contribution in [-0.2, 0) is 14.3 Å². The van der Waals surface area contributed by atoms with Gasteiger partial charge in [0.25, 0.3) is 0 Å². The lowest BCUT2D eigenvalue weighted by atomic mass is 9.43. The lowest BCUT2D eigenvalue weighted by Crippen LogP contribution is -2.63. The van der Waals surface area contributed by atoms with E-state index in [2.05, 4.69) is 20.8 Å². The van der Waals surface area contributed by atoms with Crippen molar-refractivity contribution < 1.29 is 19.4 Å². The normalized spacial score (nSPS) is 54.4. The molecule has 0 bridgehead atoms. The Kier molecular flexibility index (Phi) is 2.74. The number of carbonyl (C=O) groups excluding carboxylic acids is 1. The highest BCUT2D eigenvalue weighted by atomic mass is 16.6. The van der Waals surface area contributed by atoms with E-state index in [-0.39, 0.29) is 29.0 Å². The molecule has 0 amide bonds. The van der Waals surface area contributed by atoms with Gasteiger partial charge in [0, 0.05) is 17.1 Å². The number of fused-ring (bicyclic) bond motifs is 4. The second-order valence-electron chi connectivity index (χ2n) is 9.77. The largest absolute Gasteiger partial charge is 0.452 e. The Labute approximate surface area is 143 Å². The number of epoxide rings is 1. The average Bonchev–Trinajstić information content (AvgIpc) is 3.10. The summed E-state index contributed by atoms with van der Waals surface area (Å²) in [5.41, 5.74) is 1.70. The summed E-state index contributed by atoms with van der Waals surface area (Å²) in [6.07, 6.45) is 4.64. The molecule has 4 nitrogen and oxygen atoms in total. The van der Waals surface area contributed by atoms with Gasteiger partial charge < -0.3 is 14.6 Å². The van der Waals surface area contributed by atoms with Crippen LogP contribution in [0.2, 0.25) is 0 Å². The summed E-state index contributed by atoms with van der Waals surface area (Å²) in [7, 11) is 0. The van der Waals surface area contributed by atoms with E-state index in [4.69, 9.17) is 9.47 Å². The maximum absolute atomic E-state index is 12.1. The van der Waals surface area contributed by atoms with Crippen molar-refractivity contribution in [3.05, 3.63) is 11.1 Å². The van der Waals surface area contributed by atoms with Gasteiger partial charge in [-0.3, -0.25) is 0 Å². The van der Waals surface area contributed by atoms with E-state index in [0.717, 1.165) is 24.8 Å². The minimum absolute atomic E-state index is 0.00911. The number of ether oxygens (including phenoxy) is 2. The van der Waals surface area contributed by atoms with Crippen LogP contribution >= 0.6 is 0 Å². The summed E-state index contributed by atoms with van der Waals surface area (Å²) in [5.74, 6) is 0.391. The fourth-order valence-corrected chi connectivity index (χ4v) is 7.33. The van der Waals surface area contributed by atoms with Crippen molar-refractivity contribution in [2.75, 3.05) is 0 Å². The lowest BCUT2D eigenvalue weighted by Gasteiger charge is -2.61. The Morgan fingerprint density at radius 2 is 1.92 bits per heavy atom. The Morgan fingerprint density at radius 1 is 1.17 bits per heavy atom. The molecule has 7 atom stereocenters. The van der Waals surface area contributed by atoms with Crippen LogP contribution in [0.25, 0.3) is 0 Å². The molecule has 24 heavy (non-hydrogen) atoms. The van der Waals surface area contributed by atoms with Crippen molar-refractivity contribution in [3.8, 4) is 0 Å². The standard InChI is InChI=1S/C20H28O4/c1-10-12-14(23-17(10)22)13(21)15-19(4)8-5-7-18(2,3)11(19)6-9-20(15)16(12)24-20/h11,13-16,21H,5-9H2,1-4H3/t11-,13-,14-,15+,16-,19-,20+/m1/s1. The van der Waals surface area contributed by atoms with Gasteiger partial charge in [-0.15, -0.1) is 0 Å². The molecular weight excluding hydrogens is 304 g/mol. The van der Waals surface area contributed by atoms with Gasteiger partial charge in [0.15, 0.2) is 6.10 Å². The highest BCUT2D eigenvalue weighted by Gasteiger charge is 2.77. The number of aliphatic hydroxyl groups excluding tert-OH is 1. The first-order chi connectivity index (χ1) is 11.2. The third-order valence-corrected chi connectivity index (χ3v) is 8.27. The van der Waals surface area contributed by atoms with Crippen molar-refractivity contribution in [2.45, 2.75) is 83.7 Å². The molecule has 0 radical (unpaired) electrons. The molecule has 1 saturated heterocycles.